The zero-order valence-electron chi connectivity index (χ0n) is 15.1. The monoisotopic (exact) mass is 456 g/mol. The van der Waals surface area contributed by atoms with E-state index >= 15 is 0 Å². The summed E-state index contributed by atoms with van der Waals surface area (Å²) in [5.41, 5.74) is 0. The number of halogens is 1. The Morgan fingerprint density at radius 1 is 1.38 bits per heavy atom. The molecule has 1 rings (SSSR count). The molecule has 1 aliphatic heterocycles. The summed E-state index contributed by atoms with van der Waals surface area (Å²) >= 11 is 0. The van der Waals surface area contributed by atoms with Gasteiger partial charge in [0, 0.05) is 45.3 Å². The second-order valence-corrected chi connectivity index (χ2v) is 5.87. The highest BCUT2D eigenvalue weighted by atomic mass is 127. The lowest BCUT2D eigenvalue weighted by Gasteiger charge is -2.12. The van der Waals surface area contributed by atoms with Gasteiger partial charge in [-0.3, -0.25) is 9.79 Å². The van der Waals surface area contributed by atoms with Crippen molar-refractivity contribution in [1.82, 2.24) is 16.0 Å². The molecule has 0 bridgehead atoms. The van der Waals surface area contributed by atoms with Crippen molar-refractivity contribution in [2.24, 2.45) is 4.99 Å². The minimum atomic E-state index is 0. The molecule has 142 valence electrons. The lowest BCUT2D eigenvalue weighted by Crippen LogP contribution is -2.40. The molecule has 0 radical (unpaired) electrons. The number of nitrogens with one attached hydrogen (secondary N) is 3. The van der Waals surface area contributed by atoms with E-state index in [4.69, 9.17) is 9.47 Å². The first kappa shape index (κ1) is 23.4. The molecule has 0 aromatic heterocycles. The Morgan fingerprint density at radius 2 is 2.17 bits per heavy atom. The number of hydrogen-bond acceptors (Lipinski definition) is 4. The topological polar surface area (TPSA) is 84.0 Å². The maximum absolute atomic E-state index is 11.6. The highest BCUT2D eigenvalue weighted by molar-refractivity contribution is 14.0. The standard InChI is InChI=1S/C16H32N4O3.HI/c1-4-17-16(19-9-6-15(21)20-13(2)3)18-8-5-10-23-14-7-11-22-12-14;/h13-14H,4-12H2,1-3H3,(H,20,21)(H2,17,18,19);1H. The number of nitrogens with zero attached hydrogens (tertiary/aromatic N) is 1. The van der Waals surface area contributed by atoms with Crippen LogP contribution in [0.2, 0.25) is 0 Å². The molecule has 0 aromatic rings. The van der Waals surface area contributed by atoms with Crippen molar-refractivity contribution in [2.45, 2.75) is 52.2 Å². The molecule has 1 unspecified atom stereocenters. The SMILES string of the molecule is CCNC(=NCCCOC1CCOC1)NCCC(=O)NC(C)C.I. The third kappa shape index (κ3) is 11.9. The summed E-state index contributed by atoms with van der Waals surface area (Å²) in [6, 6.07) is 0.176. The van der Waals surface area contributed by atoms with Crippen LogP contribution in [0.1, 0.15) is 40.0 Å². The van der Waals surface area contributed by atoms with Crippen LogP contribution in [0.4, 0.5) is 0 Å². The van der Waals surface area contributed by atoms with Crippen LogP contribution in [-0.4, -0.2) is 63.5 Å². The van der Waals surface area contributed by atoms with Gasteiger partial charge in [-0.2, -0.15) is 0 Å². The van der Waals surface area contributed by atoms with Gasteiger partial charge in [0.1, 0.15) is 0 Å². The van der Waals surface area contributed by atoms with Crippen molar-refractivity contribution >= 4 is 35.8 Å². The number of hydrogen-bond donors (Lipinski definition) is 3. The van der Waals surface area contributed by atoms with Gasteiger partial charge in [0.2, 0.25) is 5.91 Å². The molecule has 3 N–H and O–H groups in total. The molecule has 1 fully saturated rings. The van der Waals surface area contributed by atoms with E-state index in [-0.39, 0.29) is 42.0 Å². The summed E-state index contributed by atoms with van der Waals surface area (Å²) in [5.74, 6) is 0.796. The maximum atomic E-state index is 11.6. The quantitative estimate of drug-likeness (QED) is 0.200. The van der Waals surface area contributed by atoms with E-state index in [1.807, 2.05) is 20.8 Å². The average molecular weight is 456 g/mol. The molecule has 0 aromatic carbocycles. The van der Waals surface area contributed by atoms with Crippen molar-refractivity contribution in [3.8, 4) is 0 Å². The second kappa shape index (κ2) is 14.7. The van der Waals surface area contributed by atoms with Gasteiger partial charge in [0.15, 0.2) is 5.96 Å². The Hall–Kier alpha value is -0.610. The van der Waals surface area contributed by atoms with Crippen LogP contribution >= 0.6 is 24.0 Å². The fraction of sp³-hybridized carbons (Fsp3) is 0.875. The van der Waals surface area contributed by atoms with Crippen LogP contribution in [0.3, 0.4) is 0 Å². The van der Waals surface area contributed by atoms with Crippen LogP contribution < -0.4 is 16.0 Å². The first-order chi connectivity index (χ1) is 11.1. The molecule has 0 saturated carbocycles. The van der Waals surface area contributed by atoms with Crippen LogP contribution in [-0.2, 0) is 14.3 Å². The van der Waals surface area contributed by atoms with E-state index < -0.39 is 0 Å². The minimum absolute atomic E-state index is 0. The number of rotatable bonds is 10. The smallest absolute Gasteiger partial charge is 0.221 e. The van der Waals surface area contributed by atoms with Gasteiger partial charge in [0.25, 0.3) is 0 Å². The van der Waals surface area contributed by atoms with E-state index in [0.717, 1.165) is 32.0 Å². The molecule has 1 atom stereocenters. The largest absolute Gasteiger partial charge is 0.379 e. The van der Waals surface area contributed by atoms with Crippen LogP contribution in [0.5, 0.6) is 0 Å². The molecule has 1 heterocycles. The third-order valence-electron chi connectivity index (χ3n) is 3.25. The number of amides is 1. The summed E-state index contributed by atoms with van der Waals surface area (Å²) < 4.78 is 11.0. The highest BCUT2D eigenvalue weighted by Crippen LogP contribution is 2.07. The van der Waals surface area contributed by atoms with Crippen LogP contribution in [0.15, 0.2) is 4.99 Å². The molecular formula is C16H33IN4O3. The number of carbonyl (C=O) groups excluding carboxylic acids is 1. The molecule has 0 aliphatic carbocycles. The summed E-state index contributed by atoms with van der Waals surface area (Å²) in [5, 5.41) is 9.22. The van der Waals surface area contributed by atoms with E-state index in [0.29, 0.717) is 32.7 Å². The molecule has 7 nitrogen and oxygen atoms in total. The molecule has 24 heavy (non-hydrogen) atoms. The molecule has 1 saturated heterocycles. The normalized spacial score (nSPS) is 17.5. The van der Waals surface area contributed by atoms with E-state index in [2.05, 4.69) is 20.9 Å². The Balaban J connectivity index is 0.00000529. The summed E-state index contributed by atoms with van der Waals surface area (Å²) in [6.45, 7) is 10.2. The van der Waals surface area contributed by atoms with E-state index in [1.54, 1.807) is 0 Å². The van der Waals surface area contributed by atoms with Crippen LogP contribution in [0, 0.1) is 0 Å². The summed E-state index contributed by atoms with van der Waals surface area (Å²) in [6.07, 6.45) is 2.56. The number of guanidine groups is 1. The van der Waals surface area contributed by atoms with Gasteiger partial charge >= 0.3 is 0 Å². The van der Waals surface area contributed by atoms with Gasteiger partial charge in [-0.1, -0.05) is 0 Å². The third-order valence-corrected chi connectivity index (χ3v) is 3.25. The Kier molecular flexibility index (Phi) is 14.3. The zero-order valence-corrected chi connectivity index (χ0v) is 17.4. The lowest BCUT2D eigenvalue weighted by atomic mass is 10.3. The minimum Gasteiger partial charge on any atom is -0.379 e. The number of carbonyl (C=O) groups is 1. The average Bonchev–Trinajstić information content (AvgIpc) is 2.99. The second-order valence-electron chi connectivity index (χ2n) is 5.87. The van der Waals surface area contributed by atoms with Gasteiger partial charge in [-0.25, -0.2) is 0 Å². The van der Waals surface area contributed by atoms with E-state index in [9.17, 15) is 4.79 Å². The lowest BCUT2D eigenvalue weighted by molar-refractivity contribution is -0.121. The number of ether oxygens (including phenoxy) is 2. The summed E-state index contributed by atoms with van der Waals surface area (Å²) in [4.78, 5) is 16.1. The van der Waals surface area contributed by atoms with Crippen molar-refractivity contribution < 1.29 is 14.3 Å². The maximum Gasteiger partial charge on any atom is 0.221 e. The fourth-order valence-corrected chi connectivity index (χ4v) is 2.18. The predicted octanol–water partition coefficient (Wildman–Crippen LogP) is 1.27. The molecule has 8 heteroatoms. The first-order valence-electron chi connectivity index (χ1n) is 8.62. The van der Waals surface area contributed by atoms with E-state index in [1.165, 1.54) is 0 Å². The number of aliphatic imine (C=N–C) groups is 1. The molecule has 1 aliphatic rings. The first-order valence-corrected chi connectivity index (χ1v) is 8.62. The van der Waals surface area contributed by atoms with Gasteiger partial charge in [-0.15, -0.1) is 24.0 Å². The van der Waals surface area contributed by atoms with Crippen molar-refractivity contribution in [3.63, 3.8) is 0 Å². The van der Waals surface area contributed by atoms with Gasteiger partial charge in [-0.05, 0) is 33.6 Å². The molecular weight excluding hydrogens is 423 g/mol. The van der Waals surface area contributed by atoms with Gasteiger partial charge in [0.05, 0.1) is 12.7 Å². The Labute approximate surface area is 162 Å². The van der Waals surface area contributed by atoms with Crippen molar-refractivity contribution in [3.05, 3.63) is 0 Å². The molecule has 0 spiro atoms. The van der Waals surface area contributed by atoms with Crippen molar-refractivity contribution in [1.29, 1.82) is 0 Å². The Bertz CT molecular complexity index is 361. The zero-order chi connectivity index (χ0) is 16.9. The van der Waals surface area contributed by atoms with Crippen LogP contribution in [0.25, 0.3) is 0 Å². The molecule has 1 amide bonds. The highest BCUT2D eigenvalue weighted by Gasteiger charge is 2.15. The van der Waals surface area contributed by atoms with Gasteiger partial charge < -0.3 is 25.4 Å². The van der Waals surface area contributed by atoms with Crippen molar-refractivity contribution in [2.75, 3.05) is 39.5 Å². The predicted molar refractivity (Wildman–Crippen MR) is 107 cm³/mol. The Morgan fingerprint density at radius 3 is 2.79 bits per heavy atom. The fourth-order valence-electron chi connectivity index (χ4n) is 2.18. The summed E-state index contributed by atoms with van der Waals surface area (Å²) in [7, 11) is 0.